The van der Waals surface area contributed by atoms with Crippen LogP contribution in [0.5, 0.6) is 0 Å². The highest BCUT2D eigenvalue weighted by Gasteiger charge is 2.52. The third kappa shape index (κ3) is 2.23. The smallest absolute Gasteiger partial charge is 0.334 e. The van der Waals surface area contributed by atoms with Gasteiger partial charge in [-0.05, 0) is 25.9 Å². The molecule has 2 saturated heterocycles. The zero-order valence-electron chi connectivity index (χ0n) is 10.2. The van der Waals surface area contributed by atoms with Crippen molar-refractivity contribution in [2.24, 2.45) is 5.41 Å². The molecule has 1 spiro atoms. The summed E-state index contributed by atoms with van der Waals surface area (Å²) in [5.74, 6) is -1.34. The number of rotatable bonds is 3. The number of esters is 1. The summed E-state index contributed by atoms with van der Waals surface area (Å²) in [6.07, 6.45) is 1.40. The molecule has 2 heterocycles. The summed E-state index contributed by atoms with van der Waals surface area (Å²) in [5.41, 5.74) is -0.640. The molecule has 0 radical (unpaired) electrons. The second-order valence-electron chi connectivity index (χ2n) is 4.55. The number of piperidine rings is 1. The van der Waals surface area contributed by atoms with E-state index in [1.165, 1.54) is 7.11 Å². The van der Waals surface area contributed by atoms with Crippen LogP contribution in [0.4, 0.5) is 0 Å². The monoisotopic (exact) mass is 256 g/mol. The lowest BCUT2D eigenvalue weighted by molar-refractivity contribution is -0.195. The van der Waals surface area contributed by atoms with Gasteiger partial charge in [0.15, 0.2) is 6.61 Å². The van der Waals surface area contributed by atoms with E-state index in [1.807, 2.05) is 0 Å². The Hall–Kier alpha value is -1.47. The molecule has 0 aromatic carbocycles. The molecule has 2 amide bonds. The van der Waals surface area contributed by atoms with Crippen molar-refractivity contribution < 1.29 is 24.0 Å². The molecule has 18 heavy (non-hydrogen) atoms. The Morgan fingerprint density at radius 1 is 1.39 bits per heavy atom. The van der Waals surface area contributed by atoms with Gasteiger partial charge in [0.05, 0.1) is 12.5 Å². The Labute approximate surface area is 104 Å². The van der Waals surface area contributed by atoms with Gasteiger partial charge in [0.1, 0.15) is 0 Å². The molecule has 0 unspecified atom stereocenters. The molecule has 0 aromatic heterocycles. The van der Waals surface area contributed by atoms with Crippen LogP contribution in [0.15, 0.2) is 0 Å². The second-order valence-corrected chi connectivity index (χ2v) is 4.55. The normalized spacial score (nSPS) is 22.6. The highest BCUT2D eigenvalue weighted by atomic mass is 16.7. The molecule has 2 aliphatic heterocycles. The maximum atomic E-state index is 12.2. The number of nitrogens with one attached hydrogen (secondary N) is 1. The van der Waals surface area contributed by atoms with Gasteiger partial charge in [-0.3, -0.25) is 14.4 Å². The number of hydrogen-bond acceptors (Lipinski definition) is 6. The zero-order valence-corrected chi connectivity index (χ0v) is 10.2. The zero-order chi connectivity index (χ0) is 13.2. The van der Waals surface area contributed by atoms with E-state index in [-0.39, 0.29) is 18.2 Å². The Kier molecular flexibility index (Phi) is 3.63. The van der Waals surface area contributed by atoms with Gasteiger partial charge in [-0.1, -0.05) is 0 Å². The Morgan fingerprint density at radius 3 is 2.67 bits per heavy atom. The van der Waals surface area contributed by atoms with Crippen LogP contribution in [0.2, 0.25) is 0 Å². The molecular weight excluding hydrogens is 240 g/mol. The SMILES string of the molecule is COC(=O)CON1C(=O)CC2(CCNCC2)C1=O. The molecule has 7 nitrogen and oxygen atoms in total. The average molecular weight is 256 g/mol. The van der Waals surface area contributed by atoms with Crippen LogP contribution < -0.4 is 5.32 Å². The van der Waals surface area contributed by atoms with Crippen LogP contribution in [0.3, 0.4) is 0 Å². The van der Waals surface area contributed by atoms with Gasteiger partial charge in [-0.2, -0.15) is 5.06 Å². The van der Waals surface area contributed by atoms with Gasteiger partial charge >= 0.3 is 5.97 Å². The fraction of sp³-hybridized carbons (Fsp3) is 0.727. The van der Waals surface area contributed by atoms with Gasteiger partial charge in [0.25, 0.3) is 11.8 Å². The number of carbonyl (C=O) groups is 3. The first-order valence-corrected chi connectivity index (χ1v) is 5.87. The van der Waals surface area contributed by atoms with E-state index in [0.717, 1.165) is 5.06 Å². The lowest BCUT2D eigenvalue weighted by atomic mass is 9.77. The highest BCUT2D eigenvalue weighted by molar-refractivity contribution is 6.04. The van der Waals surface area contributed by atoms with Gasteiger partial charge < -0.3 is 10.1 Å². The molecule has 0 bridgehead atoms. The van der Waals surface area contributed by atoms with Crippen molar-refractivity contribution in [1.29, 1.82) is 0 Å². The number of carbonyl (C=O) groups excluding carboxylic acids is 3. The van der Waals surface area contributed by atoms with Crippen molar-refractivity contribution in [3.8, 4) is 0 Å². The first kappa shape index (κ1) is 13.0. The van der Waals surface area contributed by atoms with E-state index in [0.29, 0.717) is 25.9 Å². The summed E-state index contributed by atoms with van der Waals surface area (Å²) in [6, 6.07) is 0. The largest absolute Gasteiger partial charge is 0.467 e. The van der Waals surface area contributed by atoms with Crippen molar-refractivity contribution in [2.45, 2.75) is 19.3 Å². The number of methoxy groups -OCH3 is 1. The van der Waals surface area contributed by atoms with E-state index < -0.39 is 18.0 Å². The number of hydrogen-bond donors (Lipinski definition) is 1. The lowest BCUT2D eigenvalue weighted by Crippen LogP contribution is -2.43. The molecule has 0 saturated carbocycles. The van der Waals surface area contributed by atoms with Crippen molar-refractivity contribution in [2.75, 3.05) is 26.8 Å². The fourth-order valence-electron chi connectivity index (χ4n) is 2.37. The molecule has 2 rings (SSSR count). The number of imide groups is 1. The summed E-state index contributed by atoms with van der Waals surface area (Å²) in [4.78, 5) is 39.9. The van der Waals surface area contributed by atoms with Crippen LogP contribution >= 0.6 is 0 Å². The molecule has 100 valence electrons. The Bertz CT molecular complexity index is 376. The Morgan fingerprint density at radius 2 is 2.06 bits per heavy atom. The van der Waals surface area contributed by atoms with Crippen LogP contribution in [0.25, 0.3) is 0 Å². The molecule has 0 aromatic rings. The molecule has 2 fully saturated rings. The minimum Gasteiger partial charge on any atom is -0.467 e. The van der Waals surface area contributed by atoms with Gasteiger partial charge in [-0.15, -0.1) is 0 Å². The quantitative estimate of drug-likeness (QED) is 0.526. The predicted octanol–water partition coefficient (Wildman–Crippen LogP) is -0.780. The summed E-state index contributed by atoms with van der Waals surface area (Å²) < 4.78 is 4.39. The van der Waals surface area contributed by atoms with E-state index in [4.69, 9.17) is 4.84 Å². The van der Waals surface area contributed by atoms with E-state index >= 15 is 0 Å². The summed E-state index contributed by atoms with van der Waals surface area (Å²) in [6.45, 7) is 0.996. The maximum absolute atomic E-state index is 12.2. The van der Waals surface area contributed by atoms with Crippen LogP contribution in [-0.2, 0) is 24.0 Å². The molecule has 1 N–H and O–H groups in total. The average Bonchev–Trinajstić information content (AvgIpc) is 2.60. The van der Waals surface area contributed by atoms with Crippen LogP contribution in [-0.4, -0.2) is 49.7 Å². The summed E-state index contributed by atoms with van der Waals surface area (Å²) in [7, 11) is 1.22. The van der Waals surface area contributed by atoms with Gasteiger partial charge in [0, 0.05) is 6.42 Å². The van der Waals surface area contributed by atoms with Crippen molar-refractivity contribution in [3.05, 3.63) is 0 Å². The molecule has 0 atom stereocenters. The minimum atomic E-state index is -0.640. The minimum absolute atomic E-state index is 0.161. The van der Waals surface area contributed by atoms with E-state index in [1.54, 1.807) is 0 Å². The third-order valence-electron chi connectivity index (χ3n) is 3.45. The van der Waals surface area contributed by atoms with Crippen molar-refractivity contribution >= 4 is 17.8 Å². The number of amides is 2. The van der Waals surface area contributed by atoms with Gasteiger partial charge in [-0.25, -0.2) is 4.79 Å². The van der Waals surface area contributed by atoms with E-state index in [9.17, 15) is 14.4 Å². The predicted molar refractivity (Wildman–Crippen MR) is 59.0 cm³/mol. The molecular formula is C11H16N2O5. The molecule has 2 aliphatic rings. The topological polar surface area (TPSA) is 84.9 Å². The standard InChI is InChI=1S/C11H16N2O5/c1-17-9(15)7-18-13-8(14)6-11(10(13)16)2-4-12-5-3-11/h12H,2-7H2,1H3. The summed E-state index contributed by atoms with van der Waals surface area (Å²) >= 11 is 0. The van der Waals surface area contributed by atoms with Crippen molar-refractivity contribution in [3.63, 3.8) is 0 Å². The van der Waals surface area contributed by atoms with Crippen molar-refractivity contribution in [1.82, 2.24) is 10.4 Å². The number of ether oxygens (including phenoxy) is 1. The highest BCUT2D eigenvalue weighted by Crippen LogP contribution is 2.40. The lowest BCUT2D eigenvalue weighted by Gasteiger charge is -2.30. The molecule has 7 heteroatoms. The molecule has 0 aliphatic carbocycles. The first-order valence-electron chi connectivity index (χ1n) is 5.87. The number of nitrogens with zero attached hydrogens (tertiary/aromatic N) is 1. The van der Waals surface area contributed by atoms with Crippen LogP contribution in [0, 0.1) is 5.41 Å². The summed E-state index contributed by atoms with van der Waals surface area (Å²) in [5, 5.41) is 3.87. The maximum Gasteiger partial charge on any atom is 0.334 e. The number of hydroxylamine groups is 2. The second kappa shape index (κ2) is 5.03. The van der Waals surface area contributed by atoms with Gasteiger partial charge in [0.2, 0.25) is 0 Å². The van der Waals surface area contributed by atoms with E-state index in [2.05, 4.69) is 10.1 Å². The third-order valence-corrected chi connectivity index (χ3v) is 3.45. The Balaban J connectivity index is 2.02. The van der Waals surface area contributed by atoms with Crippen LogP contribution in [0.1, 0.15) is 19.3 Å². The fourth-order valence-corrected chi connectivity index (χ4v) is 2.37. The first-order chi connectivity index (χ1) is 8.59.